The van der Waals surface area contributed by atoms with Gasteiger partial charge < -0.3 is 9.47 Å². The van der Waals surface area contributed by atoms with Crippen LogP contribution in [0, 0.1) is 0 Å². The number of likely N-dealkylation sites (tertiary alicyclic amines) is 1. The summed E-state index contributed by atoms with van der Waals surface area (Å²) >= 11 is 1.33. The number of thioether (sulfide) groups is 1. The smallest absolute Gasteiger partial charge is 0.345 e. The van der Waals surface area contributed by atoms with Gasteiger partial charge in [-0.05, 0) is 30.2 Å². The first kappa shape index (κ1) is 18.9. The Hall–Kier alpha value is -2.48. The number of hydrogen-bond acceptors (Lipinski definition) is 3. The third-order valence-electron chi connectivity index (χ3n) is 4.85. The van der Waals surface area contributed by atoms with Crippen LogP contribution in [-0.2, 0) is 17.5 Å². The van der Waals surface area contributed by atoms with Gasteiger partial charge in [-0.25, -0.2) is 4.98 Å². The maximum absolute atomic E-state index is 13.1. The second-order valence-electron chi connectivity index (χ2n) is 6.82. The number of alkyl halides is 3. The predicted molar refractivity (Wildman–Crippen MR) is 102 cm³/mol. The topological polar surface area (TPSA) is 38.1 Å². The van der Waals surface area contributed by atoms with Gasteiger partial charge in [-0.3, -0.25) is 4.79 Å². The van der Waals surface area contributed by atoms with Gasteiger partial charge in [0.1, 0.15) is 0 Å². The standard InChI is InChI=1S/C20H18F3N3OS/c1-25-10-9-17(18(25)27)28-19-24-15-11-14(20(21,22)23)7-8-16(15)26(19)12-13-5-3-2-4-6-13/h2-8,11,17H,9-10,12H2,1H3. The molecule has 1 aromatic heterocycles. The highest BCUT2D eigenvalue weighted by molar-refractivity contribution is 8.00. The van der Waals surface area contributed by atoms with E-state index in [1.165, 1.54) is 17.8 Å². The molecule has 3 aromatic rings. The number of amides is 1. The summed E-state index contributed by atoms with van der Waals surface area (Å²) in [5, 5.41) is 0.297. The number of aromatic nitrogens is 2. The zero-order valence-electron chi connectivity index (χ0n) is 15.1. The Morgan fingerprint density at radius 1 is 1.18 bits per heavy atom. The quantitative estimate of drug-likeness (QED) is 0.645. The molecular weight excluding hydrogens is 387 g/mol. The Kier molecular flexibility index (Phi) is 4.82. The van der Waals surface area contributed by atoms with E-state index in [1.54, 1.807) is 11.9 Å². The van der Waals surface area contributed by atoms with E-state index >= 15 is 0 Å². The Labute approximate surface area is 164 Å². The van der Waals surface area contributed by atoms with E-state index < -0.39 is 11.7 Å². The molecule has 0 spiro atoms. The van der Waals surface area contributed by atoms with Gasteiger partial charge >= 0.3 is 6.18 Å². The molecule has 0 saturated carbocycles. The van der Waals surface area contributed by atoms with Crippen molar-refractivity contribution in [1.29, 1.82) is 0 Å². The van der Waals surface area contributed by atoms with E-state index in [-0.39, 0.29) is 16.7 Å². The fraction of sp³-hybridized carbons (Fsp3) is 0.300. The Balaban J connectivity index is 1.77. The normalized spacial score (nSPS) is 17.6. The van der Waals surface area contributed by atoms with Crippen LogP contribution in [-0.4, -0.2) is 39.2 Å². The molecule has 0 bridgehead atoms. The molecule has 4 rings (SSSR count). The lowest BCUT2D eigenvalue weighted by atomic mass is 10.2. The Morgan fingerprint density at radius 3 is 2.57 bits per heavy atom. The molecule has 0 N–H and O–H groups in total. The zero-order chi connectivity index (χ0) is 19.9. The SMILES string of the molecule is CN1CCC(Sc2nc3cc(C(F)(F)F)ccc3n2Cc2ccccc2)C1=O. The maximum Gasteiger partial charge on any atom is 0.416 e. The highest BCUT2D eigenvalue weighted by Crippen LogP contribution is 2.35. The number of rotatable bonds is 4. The molecular formula is C20H18F3N3OS. The average Bonchev–Trinajstić information content (AvgIpc) is 3.16. The Bertz CT molecular complexity index is 1020. The first-order chi connectivity index (χ1) is 13.3. The van der Waals surface area contributed by atoms with E-state index in [1.807, 2.05) is 34.9 Å². The lowest BCUT2D eigenvalue weighted by Crippen LogP contribution is -2.24. The molecule has 1 atom stereocenters. The van der Waals surface area contributed by atoms with E-state index in [2.05, 4.69) is 4.98 Å². The summed E-state index contributed by atoms with van der Waals surface area (Å²) in [6.07, 6.45) is -3.73. The van der Waals surface area contributed by atoms with Crippen LogP contribution in [0.5, 0.6) is 0 Å². The largest absolute Gasteiger partial charge is 0.416 e. The van der Waals surface area contributed by atoms with Gasteiger partial charge in [0, 0.05) is 13.6 Å². The molecule has 8 heteroatoms. The van der Waals surface area contributed by atoms with Crippen molar-refractivity contribution in [2.45, 2.75) is 29.5 Å². The Morgan fingerprint density at radius 2 is 1.93 bits per heavy atom. The van der Waals surface area contributed by atoms with Crippen molar-refractivity contribution < 1.29 is 18.0 Å². The summed E-state index contributed by atoms with van der Waals surface area (Å²) in [4.78, 5) is 18.4. The van der Waals surface area contributed by atoms with Crippen LogP contribution >= 0.6 is 11.8 Å². The predicted octanol–water partition coefficient (Wildman–Crippen LogP) is 4.43. The number of carbonyl (C=O) groups is 1. The number of fused-ring (bicyclic) bond motifs is 1. The minimum atomic E-state index is -4.42. The van der Waals surface area contributed by atoms with Crippen LogP contribution in [0.3, 0.4) is 0 Å². The molecule has 1 aliphatic heterocycles. The van der Waals surface area contributed by atoms with Crippen molar-refractivity contribution in [1.82, 2.24) is 14.5 Å². The molecule has 1 unspecified atom stereocenters. The minimum absolute atomic E-state index is 0.0271. The van der Waals surface area contributed by atoms with Gasteiger partial charge in [0.2, 0.25) is 5.91 Å². The number of hydrogen-bond donors (Lipinski definition) is 0. The summed E-state index contributed by atoms with van der Waals surface area (Å²) in [5.74, 6) is 0.0271. The van der Waals surface area contributed by atoms with E-state index in [0.717, 1.165) is 17.7 Å². The first-order valence-electron chi connectivity index (χ1n) is 8.86. The first-order valence-corrected chi connectivity index (χ1v) is 9.74. The van der Waals surface area contributed by atoms with Gasteiger partial charge in [-0.1, -0.05) is 42.1 Å². The van der Waals surface area contributed by atoms with Crippen molar-refractivity contribution in [2.75, 3.05) is 13.6 Å². The summed E-state index contributed by atoms with van der Waals surface area (Å²) in [6, 6.07) is 13.3. The maximum atomic E-state index is 13.1. The van der Waals surface area contributed by atoms with Gasteiger partial charge in [-0.15, -0.1) is 0 Å². The zero-order valence-corrected chi connectivity index (χ0v) is 15.9. The number of carbonyl (C=O) groups excluding carboxylic acids is 1. The molecule has 1 saturated heterocycles. The van der Waals surface area contributed by atoms with Crippen LogP contribution in [0.2, 0.25) is 0 Å². The van der Waals surface area contributed by atoms with Gasteiger partial charge in [0.25, 0.3) is 0 Å². The summed E-state index contributed by atoms with van der Waals surface area (Å²) in [6.45, 7) is 1.15. The van der Waals surface area contributed by atoms with Crippen LogP contribution in [0.15, 0.2) is 53.7 Å². The van der Waals surface area contributed by atoms with Crippen molar-refractivity contribution in [3.8, 4) is 0 Å². The average molecular weight is 405 g/mol. The van der Waals surface area contributed by atoms with Gasteiger partial charge in [0.15, 0.2) is 5.16 Å². The third-order valence-corrected chi connectivity index (χ3v) is 6.09. The van der Waals surface area contributed by atoms with Crippen molar-refractivity contribution >= 4 is 28.7 Å². The summed E-state index contributed by atoms with van der Waals surface area (Å²) in [5.41, 5.74) is 1.20. The van der Waals surface area contributed by atoms with E-state index in [0.29, 0.717) is 30.2 Å². The monoisotopic (exact) mass is 405 g/mol. The fourth-order valence-corrected chi connectivity index (χ4v) is 4.52. The molecule has 2 heterocycles. The van der Waals surface area contributed by atoms with Crippen molar-refractivity contribution in [3.05, 3.63) is 59.7 Å². The van der Waals surface area contributed by atoms with Gasteiger partial charge in [-0.2, -0.15) is 13.2 Å². The number of benzene rings is 2. The highest BCUT2D eigenvalue weighted by atomic mass is 32.2. The number of nitrogens with zero attached hydrogens (tertiary/aromatic N) is 3. The summed E-state index contributed by atoms with van der Waals surface area (Å²) < 4.78 is 41.2. The van der Waals surface area contributed by atoms with Crippen LogP contribution in [0.25, 0.3) is 11.0 Å². The van der Waals surface area contributed by atoms with Crippen LogP contribution in [0.1, 0.15) is 17.5 Å². The van der Waals surface area contributed by atoms with Crippen LogP contribution in [0.4, 0.5) is 13.2 Å². The lowest BCUT2D eigenvalue weighted by Gasteiger charge is -2.12. The van der Waals surface area contributed by atoms with Crippen molar-refractivity contribution in [3.63, 3.8) is 0 Å². The molecule has 4 nitrogen and oxygen atoms in total. The molecule has 1 aliphatic rings. The second kappa shape index (κ2) is 7.16. The number of halogens is 3. The van der Waals surface area contributed by atoms with Gasteiger partial charge in [0.05, 0.1) is 28.4 Å². The highest BCUT2D eigenvalue weighted by Gasteiger charge is 2.33. The van der Waals surface area contributed by atoms with Crippen molar-refractivity contribution in [2.24, 2.45) is 0 Å². The second-order valence-corrected chi connectivity index (χ2v) is 7.99. The minimum Gasteiger partial charge on any atom is -0.345 e. The molecule has 2 aromatic carbocycles. The lowest BCUT2D eigenvalue weighted by molar-refractivity contribution is -0.137. The molecule has 0 radical (unpaired) electrons. The number of imidazole rings is 1. The molecule has 28 heavy (non-hydrogen) atoms. The molecule has 1 amide bonds. The molecule has 1 fully saturated rings. The van der Waals surface area contributed by atoms with E-state index in [4.69, 9.17) is 0 Å². The van der Waals surface area contributed by atoms with E-state index in [9.17, 15) is 18.0 Å². The molecule has 0 aliphatic carbocycles. The third kappa shape index (κ3) is 3.61. The van der Waals surface area contributed by atoms with Crippen LogP contribution < -0.4 is 0 Å². The summed E-state index contributed by atoms with van der Waals surface area (Å²) in [7, 11) is 1.76. The molecule has 146 valence electrons. The fourth-order valence-electron chi connectivity index (χ4n) is 3.32.